The summed E-state index contributed by atoms with van der Waals surface area (Å²) in [4.78, 5) is 56.5. The zero-order valence-electron chi connectivity index (χ0n) is 34.1. The number of carbonyl (C=O) groups is 4. The van der Waals surface area contributed by atoms with Gasteiger partial charge in [0.15, 0.2) is 22.7 Å². The van der Waals surface area contributed by atoms with Gasteiger partial charge < -0.3 is 34.0 Å². The van der Waals surface area contributed by atoms with E-state index in [1.807, 2.05) is 42.0 Å². The van der Waals surface area contributed by atoms with Crippen LogP contribution in [0.2, 0.25) is 0 Å². The Morgan fingerprint density at radius 3 is 2.47 bits per heavy atom. The average Bonchev–Trinajstić information content (AvgIpc) is 3.61. The fourth-order valence-corrected chi connectivity index (χ4v) is 8.69. The van der Waals surface area contributed by atoms with Crippen LogP contribution in [-0.4, -0.2) is 92.4 Å². The lowest BCUT2D eigenvalue weighted by Crippen LogP contribution is -2.48. The number of furan rings is 1. The minimum absolute atomic E-state index is 0.0153. The Morgan fingerprint density at radius 1 is 1.02 bits per heavy atom. The Kier molecular flexibility index (Phi) is 14.1. The first kappa shape index (κ1) is 43.4. The van der Waals surface area contributed by atoms with Gasteiger partial charge in [-0.15, -0.1) is 0 Å². The number of hydrogen-bond donors (Lipinski definition) is 2. The number of fused-ring (bicyclic) bond motifs is 4. The minimum Gasteiger partial charge on any atom is -0.493 e. The predicted molar refractivity (Wildman–Crippen MR) is 222 cm³/mol. The number of para-hydroxylation sites is 1. The zero-order valence-corrected chi connectivity index (χ0v) is 34.9. The largest absolute Gasteiger partial charge is 0.493 e. The molecule has 3 N–H and O–H groups in total. The van der Waals surface area contributed by atoms with Crippen LogP contribution >= 0.6 is 0 Å². The molecule has 3 heterocycles. The number of nitrogens with two attached hydrogens (primary N) is 1. The van der Waals surface area contributed by atoms with Gasteiger partial charge in [-0.05, 0) is 94.0 Å². The van der Waals surface area contributed by atoms with Gasteiger partial charge in [0.05, 0.1) is 42.8 Å². The van der Waals surface area contributed by atoms with Gasteiger partial charge in [-0.3, -0.25) is 14.4 Å². The predicted octanol–water partition coefficient (Wildman–Crippen LogP) is 6.40. The van der Waals surface area contributed by atoms with Crippen LogP contribution in [-0.2, 0) is 33.9 Å². The summed E-state index contributed by atoms with van der Waals surface area (Å²) in [6, 6.07) is 10.0. The SMILES string of the molecule is COc1cccc2c1oc1c(OC3CC(C(=O)C(=O)NS(=O)(=O)C4CC4)N(C(=O)CCOCCC/C=C\C(C)C)C3)c3ccc(C)cc3nc12.NC(=O)OC1CCCC1. The molecule has 3 amide bonds. The maximum absolute atomic E-state index is 13.6. The number of nitrogens with zero attached hydrogens (tertiary/aromatic N) is 2. The topological polar surface area (TPSA) is 207 Å². The van der Waals surface area contributed by atoms with E-state index in [2.05, 4.69) is 26.0 Å². The number of benzene rings is 2. The summed E-state index contributed by atoms with van der Waals surface area (Å²) in [5.41, 5.74) is 7.90. The summed E-state index contributed by atoms with van der Waals surface area (Å²) in [5, 5.41) is 0.704. The number of hydrogen-bond acceptors (Lipinski definition) is 12. The molecule has 7 rings (SSSR count). The third-order valence-electron chi connectivity index (χ3n) is 10.5. The molecular weight excluding hydrogens is 781 g/mol. The van der Waals surface area contributed by atoms with Gasteiger partial charge in [0.1, 0.15) is 23.8 Å². The minimum atomic E-state index is -3.97. The number of primary amides is 1. The number of allylic oxidation sites excluding steroid dienone is 2. The summed E-state index contributed by atoms with van der Waals surface area (Å²) in [6.07, 6.45) is 9.74. The zero-order chi connectivity index (χ0) is 42.3. The van der Waals surface area contributed by atoms with Crippen molar-refractivity contribution >= 4 is 66.7 Å². The molecule has 15 nitrogen and oxygen atoms in total. The van der Waals surface area contributed by atoms with E-state index < -0.39 is 51.1 Å². The standard InChI is InChI=1S/C37H43N3O9S.C6H11NO2/c1-22(2)9-6-5-7-17-47-18-16-31(41)40-21-24(20-29(40)33(42)37(43)39-50(44,45)25-13-14-25)48-35-26-15-12-23(3)19-28(26)38-32-27-10-8-11-30(46-4)34(27)49-36(32)35;7-6(8)9-5-3-1-2-4-5/h6,8-12,15,19,22,24-25,29H,5,7,13-14,16-18,20-21H2,1-4H3,(H,39,43);5H,1-4H2,(H2,7,8)/b9-6-;. The van der Waals surface area contributed by atoms with E-state index in [4.69, 9.17) is 34.1 Å². The quantitative estimate of drug-likeness (QED) is 0.0715. The number of sulfonamides is 1. The molecule has 3 fully saturated rings. The number of unbranched alkanes of at least 4 members (excludes halogenated alkanes) is 1. The van der Waals surface area contributed by atoms with Crippen LogP contribution in [0.3, 0.4) is 0 Å². The molecule has 16 heteroatoms. The second-order valence-corrected chi connectivity index (χ2v) is 17.6. The summed E-state index contributed by atoms with van der Waals surface area (Å²) in [6.45, 7) is 6.76. The van der Waals surface area contributed by atoms with Gasteiger partial charge in [-0.25, -0.2) is 22.9 Å². The lowest BCUT2D eigenvalue weighted by molar-refractivity contribution is -0.143. The second kappa shape index (κ2) is 19.2. The Hall–Kier alpha value is -5.22. The van der Waals surface area contributed by atoms with E-state index in [9.17, 15) is 27.6 Å². The summed E-state index contributed by atoms with van der Waals surface area (Å²) < 4.78 is 55.9. The highest BCUT2D eigenvalue weighted by Gasteiger charge is 2.45. The highest BCUT2D eigenvalue weighted by Crippen LogP contribution is 2.42. The number of carbonyl (C=O) groups excluding carboxylic acids is 4. The molecule has 318 valence electrons. The van der Waals surface area contributed by atoms with E-state index in [0.29, 0.717) is 64.5 Å². The van der Waals surface area contributed by atoms with Gasteiger partial charge >= 0.3 is 12.0 Å². The number of methoxy groups -OCH3 is 1. The third kappa shape index (κ3) is 10.9. The van der Waals surface area contributed by atoms with Crippen LogP contribution in [0.1, 0.15) is 83.6 Å². The number of nitrogens with one attached hydrogen (secondary N) is 1. The van der Waals surface area contributed by atoms with Crippen LogP contribution in [0, 0.1) is 12.8 Å². The molecule has 3 aliphatic rings. The monoisotopic (exact) mass is 834 g/mol. The Balaban J connectivity index is 0.000000575. The molecule has 2 aromatic heterocycles. The molecule has 0 radical (unpaired) electrons. The second-order valence-electron chi connectivity index (χ2n) is 15.7. The molecule has 2 unspecified atom stereocenters. The van der Waals surface area contributed by atoms with Gasteiger partial charge in [-0.1, -0.05) is 38.1 Å². The van der Waals surface area contributed by atoms with Crippen molar-refractivity contribution < 1.29 is 51.0 Å². The summed E-state index contributed by atoms with van der Waals surface area (Å²) >= 11 is 0. The van der Waals surface area contributed by atoms with Crippen molar-refractivity contribution in [3.05, 3.63) is 54.1 Å². The molecule has 2 saturated carbocycles. The fraction of sp³-hybridized carbons (Fsp3) is 0.512. The highest BCUT2D eigenvalue weighted by molar-refractivity contribution is 7.91. The first-order chi connectivity index (χ1) is 28.2. The summed E-state index contributed by atoms with van der Waals surface area (Å²) in [7, 11) is -2.42. The normalized spacial score (nSPS) is 18.4. The molecule has 1 aliphatic heterocycles. The van der Waals surface area contributed by atoms with Gasteiger partial charge in [0, 0.05) is 18.4 Å². The summed E-state index contributed by atoms with van der Waals surface area (Å²) in [5.74, 6) is -1.30. The lowest BCUT2D eigenvalue weighted by atomic mass is 10.1. The molecule has 2 atom stereocenters. The molecule has 1 saturated heterocycles. The fourth-order valence-electron chi connectivity index (χ4n) is 7.41. The van der Waals surface area contributed by atoms with Crippen molar-refractivity contribution in [2.24, 2.45) is 11.7 Å². The van der Waals surface area contributed by atoms with E-state index in [-0.39, 0.29) is 32.1 Å². The Bertz CT molecular complexity index is 2310. The van der Waals surface area contributed by atoms with E-state index in [1.54, 1.807) is 13.2 Å². The van der Waals surface area contributed by atoms with Crippen LogP contribution in [0.5, 0.6) is 11.5 Å². The molecule has 0 bridgehead atoms. The number of likely N-dealkylation sites (tertiary alicyclic amines) is 1. The van der Waals surface area contributed by atoms with Crippen molar-refractivity contribution in [1.82, 2.24) is 14.6 Å². The van der Waals surface area contributed by atoms with Crippen LogP contribution in [0.15, 0.2) is 53.0 Å². The number of ether oxygens (including phenoxy) is 4. The molecule has 2 aliphatic carbocycles. The Morgan fingerprint density at radius 2 is 1.78 bits per heavy atom. The van der Waals surface area contributed by atoms with E-state index >= 15 is 0 Å². The van der Waals surface area contributed by atoms with E-state index in [0.717, 1.165) is 49.5 Å². The molecule has 4 aromatic rings. The van der Waals surface area contributed by atoms with Crippen LogP contribution in [0.25, 0.3) is 33.0 Å². The van der Waals surface area contributed by atoms with Crippen molar-refractivity contribution in [3.63, 3.8) is 0 Å². The highest BCUT2D eigenvalue weighted by atomic mass is 32.2. The van der Waals surface area contributed by atoms with Crippen LogP contribution < -0.4 is 19.9 Å². The maximum Gasteiger partial charge on any atom is 0.404 e. The number of amides is 3. The number of pyridine rings is 1. The number of ketones is 1. The first-order valence-electron chi connectivity index (χ1n) is 20.3. The van der Waals surface area contributed by atoms with Gasteiger partial charge in [-0.2, -0.15) is 0 Å². The number of rotatable bonds is 16. The third-order valence-corrected chi connectivity index (χ3v) is 12.3. The average molecular weight is 835 g/mol. The number of aromatic nitrogens is 1. The number of Topliss-reactive ketones (excluding diaryl/α,β-unsaturated/α-hetero) is 1. The smallest absolute Gasteiger partial charge is 0.404 e. The number of aryl methyl sites for hydroxylation is 1. The van der Waals surface area contributed by atoms with Crippen LogP contribution in [0.4, 0.5) is 4.79 Å². The van der Waals surface area contributed by atoms with Crippen molar-refractivity contribution in [2.45, 2.75) is 108 Å². The van der Waals surface area contributed by atoms with Crippen molar-refractivity contribution in [2.75, 3.05) is 26.9 Å². The van der Waals surface area contributed by atoms with Crippen molar-refractivity contribution in [1.29, 1.82) is 0 Å². The molecule has 2 aromatic carbocycles. The molecule has 59 heavy (non-hydrogen) atoms. The van der Waals surface area contributed by atoms with Crippen molar-refractivity contribution in [3.8, 4) is 11.5 Å². The van der Waals surface area contributed by atoms with Gasteiger partial charge in [0.25, 0.3) is 0 Å². The molecule has 0 spiro atoms. The Labute approximate surface area is 344 Å². The lowest BCUT2D eigenvalue weighted by Gasteiger charge is -2.23. The van der Waals surface area contributed by atoms with Gasteiger partial charge in [0.2, 0.25) is 21.7 Å². The molecular formula is C43H54N4O11S. The maximum atomic E-state index is 13.6. The van der Waals surface area contributed by atoms with E-state index in [1.165, 1.54) is 4.90 Å². The first-order valence-corrected chi connectivity index (χ1v) is 21.9.